The van der Waals surface area contributed by atoms with Gasteiger partial charge in [0.25, 0.3) is 5.56 Å². The largest absolute Gasteiger partial charge is 0.497 e. The third-order valence-corrected chi connectivity index (χ3v) is 7.21. The summed E-state index contributed by atoms with van der Waals surface area (Å²) in [5.41, 5.74) is 0.949. The molecule has 5 rings (SSSR count). The molecule has 0 spiro atoms. The number of nitrogens with one attached hydrogen (secondary N) is 3. The number of fused-ring (bicyclic) bond motifs is 2. The van der Waals surface area contributed by atoms with Crippen LogP contribution in [0, 0.1) is 0 Å². The van der Waals surface area contributed by atoms with Gasteiger partial charge in [0.2, 0.25) is 11.9 Å². The Labute approximate surface area is 234 Å². The first-order valence-electron chi connectivity index (χ1n) is 13.6. The van der Waals surface area contributed by atoms with Crippen molar-refractivity contribution < 1.29 is 19.1 Å². The maximum atomic E-state index is 13.2. The smallest absolute Gasteiger partial charge is 0.356 e. The lowest BCUT2D eigenvalue weighted by atomic mass is 10.2. The number of carbonyl (C=O) groups is 2. The fourth-order valence-electron chi connectivity index (χ4n) is 5.17. The number of aryl methyl sites for hydroxylation is 2. The molecular weight excluding hydrogens is 532 g/mol. The van der Waals surface area contributed by atoms with Crippen molar-refractivity contribution in [3.8, 4) is 5.75 Å². The van der Waals surface area contributed by atoms with E-state index in [9.17, 15) is 19.2 Å². The zero-order valence-electron chi connectivity index (χ0n) is 23.6. The van der Waals surface area contributed by atoms with E-state index in [4.69, 9.17) is 9.47 Å². The van der Waals surface area contributed by atoms with Gasteiger partial charge in [-0.2, -0.15) is 4.98 Å². The number of hydrogen-bond donors (Lipinski definition) is 3. The van der Waals surface area contributed by atoms with E-state index >= 15 is 0 Å². The summed E-state index contributed by atoms with van der Waals surface area (Å²) in [6, 6.07) is 5.30. The minimum Gasteiger partial charge on any atom is -0.497 e. The predicted octanol–water partition coefficient (Wildman–Crippen LogP) is 1.26. The van der Waals surface area contributed by atoms with E-state index in [1.54, 1.807) is 39.3 Å². The van der Waals surface area contributed by atoms with E-state index in [-0.39, 0.29) is 24.8 Å². The van der Waals surface area contributed by atoms with Crippen LogP contribution in [0.15, 0.2) is 27.8 Å². The van der Waals surface area contributed by atoms with Crippen molar-refractivity contribution >= 4 is 45.6 Å². The van der Waals surface area contributed by atoms with Crippen LogP contribution in [0.25, 0.3) is 22.1 Å². The van der Waals surface area contributed by atoms with Gasteiger partial charge in [0, 0.05) is 50.7 Å². The SMILES string of the molecule is CCCn1c(N2CCN(CC(=O)Nc3c(C(=O)OCC)[nH]c4ccc(OC)cc34)CC2)nc2c1c(=O)[nH]c(=O)n2C. The molecule has 4 aromatic rings. The Balaban J connectivity index is 1.32. The van der Waals surface area contributed by atoms with Gasteiger partial charge in [-0.3, -0.25) is 24.0 Å². The minimum absolute atomic E-state index is 0.117. The van der Waals surface area contributed by atoms with Gasteiger partial charge in [0.05, 0.1) is 25.9 Å². The first kappa shape index (κ1) is 28.0. The Hall–Kier alpha value is -4.59. The Morgan fingerprint density at radius 1 is 1.10 bits per heavy atom. The van der Waals surface area contributed by atoms with Crippen LogP contribution in [0.1, 0.15) is 30.8 Å². The first-order valence-corrected chi connectivity index (χ1v) is 13.6. The molecule has 4 heterocycles. The van der Waals surface area contributed by atoms with Gasteiger partial charge in [-0.05, 0) is 31.5 Å². The lowest BCUT2D eigenvalue weighted by molar-refractivity contribution is -0.117. The molecule has 0 radical (unpaired) electrons. The van der Waals surface area contributed by atoms with Crippen molar-refractivity contribution in [3.05, 3.63) is 44.7 Å². The fraction of sp³-hybridized carbons (Fsp3) is 0.444. The van der Waals surface area contributed by atoms with Crippen LogP contribution >= 0.6 is 0 Å². The quantitative estimate of drug-likeness (QED) is 0.254. The maximum absolute atomic E-state index is 13.2. The van der Waals surface area contributed by atoms with Crippen molar-refractivity contribution in [2.45, 2.75) is 26.8 Å². The molecule has 1 fully saturated rings. The molecule has 1 aliphatic heterocycles. The molecule has 0 unspecified atom stereocenters. The van der Waals surface area contributed by atoms with Crippen LogP contribution in [-0.4, -0.2) is 87.3 Å². The number of benzene rings is 1. The van der Waals surface area contributed by atoms with Gasteiger partial charge in [0.1, 0.15) is 11.4 Å². The normalized spacial score (nSPS) is 14.1. The van der Waals surface area contributed by atoms with Crippen LogP contribution in [0.4, 0.5) is 11.6 Å². The van der Waals surface area contributed by atoms with Crippen molar-refractivity contribution in [3.63, 3.8) is 0 Å². The average molecular weight is 567 g/mol. The molecule has 41 heavy (non-hydrogen) atoms. The third-order valence-electron chi connectivity index (χ3n) is 7.21. The molecule has 0 bridgehead atoms. The van der Waals surface area contributed by atoms with Crippen LogP contribution in [0.5, 0.6) is 5.75 Å². The maximum Gasteiger partial charge on any atom is 0.356 e. The average Bonchev–Trinajstić information content (AvgIpc) is 3.51. The monoisotopic (exact) mass is 566 g/mol. The van der Waals surface area contributed by atoms with Gasteiger partial charge in [0.15, 0.2) is 11.2 Å². The Morgan fingerprint density at radius 2 is 1.85 bits per heavy atom. The zero-order valence-corrected chi connectivity index (χ0v) is 23.6. The van der Waals surface area contributed by atoms with Crippen LogP contribution < -0.4 is 26.2 Å². The minimum atomic E-state index is -0.558. The summed E-state index contributed by atoms with van der Waals surface area (Å²) in [5.74, 6) is 0.393. The van der Waals surface area contributed by atoms with Crippen LogP contribution in [-0.2, 0) is 23.1 Å². The van der Waals surface area contributed by atoms with Crippen molar-refractivity contribution in [1.82, 2.24) is 29.0 Å². The number of carbonyl (C=O) groups excluding carboxylic acids is 2. The van der Waals surface area contributed by atoms with Gasteiger partial charge >= 0.3 is 11.7 Å². The topological polar surface area (TPSA) is 160 Å². The predicted molar refractivity (Wildman–Crippen MR) is 154 cm³/mol. The summed E-state index contributed by atoms with van der Waals surface area (Å²) in [5, 5.41) is 3.55. The number of aromatic amines is 2. The number of anilines is 2. The molecule has 0 aliphatic carbocycles. The number of H-pyrrole nitrogens is 2. The highest BCUT2D eigenvalue weighted by Gasteiger charge is 2.27. The highest BCUT2D eigenvalue weighted by atomic mass is 16.5. The van der Waals surface area contributed by atoms with Gasteiger partial charge in [-0.1, -0.05) is 6.92 Å². The molecule has 14 nitrogen and oxygen atoms in total. The Bertz CT molecular complexity index is 1720. The fourth-order valence-corrected chi connectivity index (χ4v) is 5.17. The van der Waals surface area contributed by atoms with Crippen molar-refractivity contribution in [1.29, 1.82) is 0 Å². The van der Waals surface area contributed by atoms with Crippen molar-refractivity contribution in [2.24, 2.45) is 7.05 Å². The van der Waals surface area contributed by atoms with E-state index in [1.807, 2.05) is 16.4 Å². The zero-order chi connectivity index (χ0) is 29.3. The van der Waals surface area contributed by atoms with Gasteiger partial charge in [-0.15, -0.1) is 0 Å². The number of amides is 1. The molecular formula is C27H34N8O6. The highest BCUT2D eigenvalue weighted by molar-refractivity contribution is 6.11. The van der Waals surface area contributed by atoms with E-state index in [2.05, 4.69) is 25.2 Å². The first-order chi connectivity index (χ1) is 19.7. The summed E-state index contributed by atoms with van der Waals surface area (Å²) in [4.78, 5) is 64.7. The Kier molecular flexibility index (Phi) is 7.83. The number of hydrogen-bond acceptors (Lipinski definition) is 9. The van der Waals surface area contributed by atoms with E-state index < -0.39 is 17.2 Å². The highest BCUT2D eigenvalue weighted by Crippen LogP contribution is 2.31. The molecule has 1 aromatic carbocycles. The lowest BCUT2D eigenvalue weighted by Crippen LogP contribution is -2.49. The number of methoxy groups -OCH3 is 1. The number of ether oxygens (including phenoxy) is 2. The number of rotatable bonds is 9. The molecule has 3 aromatic heterocycles. The van der Waals surface area contributed by atoms with E-state index in [0.29, 0.717) is 72.2 Å². The van der Waals surface area contributed by atoms with Gasteiger partial charge in [-0.25, -0.2) is 9.59 Å². The van der Waals surface area contributed by atoms with Gasteiger partial charge < -0.3 is 29.2 Å². The summed E-state index contributed by atoms with van der Waals surface area (Å²) < 4.78 is 13.7. The molecule has 14 heteroatoms. The second-order valence-corrected chi connectivity index (χ2v) is 9.87. The standard InChI is InChI=1S/C27H34N8O6/c1-5-9-35-22-23(32(3)27(39)31-24(22)37)30-26(35)34-12-10-33(11-13-34)15-19(36)29-20-17-14-16(40-4)7-8-18(17)28-21(20)25(38)41-6-2/h7-8,14,28H,5-6,9-13,15H2,1-4H3,(H,29,36)(H,31,37,39). The van der Waals surface area contributed by atoms with E-state index in [0.717, 1.165) is 6.42 Å². The number of nitrogens with zero attached hydrogens (tertiary/aromatic N) is 5. The number of esters is 1. The number of piperazine rings is 1. The lowest BCUT2D eigenvalue weighted by Gasteiger charge is -2.35. The number of imidazole rings is 1. The number of aromatic nitrogens is 5. The second kappa shape index (κ2) is 11.5. The summed E-state index contributed by atoms with van der Waals surface area (Å²) in [7, 11) is 3.13. The van der Waals surface area contributed by atoms with Crippen LogP contribution in [0.2, 0.25) is 0 Å². The molecule has 0 saturated carbocycles. The summed E-state index contributed by atoms with van der Waals surface area (Å²) in [6.07, 6.45) is 0.786. The molecule has 3 N–H and O–H groups in total. The molecule has 218 valence electrons. The summed E-state index contributed by atoms with van der Waals surface area (Å²) in [6.45, 7) is 6.92. The second-order valence-electron chi connectivity index (χ2n) is 9.87. The Morgan fingerprint density at radius 3 is 2.54 bits per heavy atom. The molecule has 0 atom stereocenters. The van der Waals surface area contributed by atoms with Crippen LogP contribution in [0.3, 0.4) is 0 Å². The molecule has 1 amide bonds. The summed E-state index contributed by atoms with van der Waals surface area (Å²) >= 11 is 0. The van der Waals surface area contributed by atoms with Crippen molar-refractivity contribution in [2.75, 3.05) is 56.7 Å². The molecule has 1 aliphatic rings. The molecule has 1 saturated heterocycles. The van der Waals surface area contributed by atoms with E-state index in [1.165, 1.54) is 4.57 Å². The third kappa shape index (κ3) is 5.29.